The standard InChI is InChI=1S/C19H17ClN2O4/c1-12(18(23)22-16-7-5-15(20)6-8-16)26-19(24)13(2)25-17-9-3-14(11-21)4-10-17/h3-10,12-13H,1-2H3,(H,22,23)/t12-,13+/m0/s1. The lowest BCUT2D eigenvalue weighted by atomic mass is 10.2. The minimum absolute atomic E-state index is 0.423. The van der Waals surface area contributed by atoms with Crippen molar-refractivity contribution < 1.29 is 19.1 Å². The van der Waals surface area contributed by atoms with E-state index < -0.39 is 24.1 Å². The number of carbonyl (C=O) groups excluding carboxylic acids is 2. The van der Waals surface area contributed by atoms with Gasteiger partial charge in [-0.1, -0.05) is 11.6 Å². The van der Waals surface area contributed by atoms with E-state index in [-0.39, 0.29) is 0 Å². The molecular formula is C19H17ClN2O4. The fourth-order valence-electron chi connectivity index (χ4n) is 1.96. The van der Waals surface area contributed by atoms with Gasteiger partial charge in [-0.25, -0.2) is 4.79 Å². The Labute approximate surface area is 156 Å². The van der Waals surface area contributed by atoms with Crippen molar-refractivity contribution in [1.82, 2.24) is 0 Å². The first-order valence-electron chi connectivity index (χ1n) is 7.83. The lowest BCUT2D eigenvalue weighted by Gasteiger charge is -2.18. The third kappa shape index (κ3) is 5.50. The van der Waals surface area contributed by atoms with E-state index in [1.165, 1.54) is 13.8 Å². The number of carbonyl (C=O) groups is 2. The Bertz CT molecular complexity index is 813. The van der Waals surface area contributed by atoms with E-state index in [0.29, 0.717) is 22.0 Å². The van der Waals surface area contributed by atoms with Gasteiger partial charge in [-0.15, -0.1) is 0 Å². The maximum absolute atomic E-state index is 12.1. The van der Waals surface area contributed by atoms with E-state index in [9.17, 15) is 9.59 Å². The second kappa shape index (κ2) is 8.88. The number of rotatable bonds is 6. The molecule has 2 aromatic rings. The quantitative estimate of drug-likeness (QED) is 0.783. The first-order chi connectivity index (χ1) is 12.4. The molecular weight excluding hydrogens is 356 g/mol. The number of ether oxygens (including phenoxy) is 2. The highest BCUT2D eigenvalue weighted by molar-refractivity contribution is 6.30. The van der Waals surface area contributed by atoms with Crippen LogP contribution in [0.1, 0.15) is 19.4 Å². The molecule has 2 atom stereocenters. The van der Waals surface area contributed by atoms with E-state index in [2.05, 4.69) is 5.32 Å². The van der Waals surface area contributed by atoms with Crippen LogP contribution in [0.15, 0.2) is 48.5 Å². The minimum Gasteiger partial charge on any atom is -0.479 e. The number of esters is 1. The molecule has 26 heavy (non-hydrogen) atoms. The molecule has 0 aromatic heterocycles. The van der Waals surface area contributed by atoms with E-state index >= 15 is 0 Å². The molecule has 0 radical (unpaired) electrons. The lowest BCUT2D eigenvalue weighted by Crippen LogP contribution is -2.35. The summed E-state index contributed by atoms with van der Waals surface area (Å²) < 4.78 is 10.6. The van der Waals surface area contributed by atoms with Gasteiger partial charge in [0.2, 0.25) is 0 Å². The number of amides is 1. The minimum atomic E-state index is -0.995. The lowest BCUT2D eigenvalue weighted by molar-refractivity contribution is -0.159. The molecule has 2 aromatic carbocycles. The van der Waals surface area contributed by atoms with Gasteiger partial charge in [0.05, 0.1) is 11.6 Å². The zero-order valence-corrected chi connectivity index (χ0v) is 15.0. The van der Waals surface area contributed by atoms with Gasteiger partial charge in [-0.3, -0.25) is 4.79 Å². The zero-order chi connectivity index (χ0) is 19.1. The fourth-order valence-corrected chi connectivity index (χ4v) is 2.09. The van der Waals surface area contributed by atoms with Crippen LogP contribution in [0.25, 0.3) is 0 Å². The van der Waals surface area contributed by atoms with Crippen molar-refractivity contribution in [3.05, 3.63) is 59.1 Å². The highest BCUT2D eigenvalue weighted by Gasteiger charge is 2.23. The van der Waals surface area contributed by atoms with Gasteiger partial charge in [-0.05, 0) is 62.4 Å². The second-order valence-electron chi connectivity index (χ2n) is 5.47. The number of hydrogen-bond acceptors (Lipinski definition) is 5. The van der Waals surface area contributed by atoms with Crippen LogP contribution in [0.4, 0.5) is 5.69 Å². The van der Waals surface area contributed by atoms with Crippen LogP contribution in [0, 0.1) is 11.3 Å². The summed E-state index contributed by atoms with van der Waals surface area (Å²) in [6.07, 6.45) is -1.90. The molecule has 1 N–H and O–H groups in total. The van der Waals surface area contributed by atoms with Crippen LogP contribution >= 0.6 is 11.6 Å². The van der Waals surface area contributed by atoms with Crippen molar-refractivity contribution >= 4 is 29.2 Å². The van der Waals surface area contributed by atoms with Crippen LogP contribution in [0.5, 0.6) is 5.75 Å². The maximum Gasteiger partial charge on any atom is 0.347 e. The topological polar surface area (TPSA) is 88.4 Å². The van der Waals surface area contributed by atoms with E-state index in [1.54, 1.807) is 48.5 Å². The zero-order valence-electron chi connectivity index (χ0n) is 14.2. The van der Waals surface area contributed by atoms with Crippen molar-refractivity contribution in [3.8, 4) is 11.8 Å². The number of nitrogens with one attached hydrogen (secondary N) is 1. The molecule has 0 saturated carbocycles. The highest BCUT2D eigenvalue weighted by atomic mass is 35.5. The highest BCUT2D eigenvalue weighted by Crippen LogP contribution is 2.16. The summed E-state index contributed by atoms with van der Waals surface area (Å²) in [5, 5.41) is 11.9. The maximum atomic E-state index is 12.1. The largest absolute Gasteiger partial charge is 0.479 e. The Hall–Kier alpha value is -3.04. The van der Waals surface area contributed by atoms with E-state index in [4.69, 9.17) is 26.3 Å². The van der Waals surface area contributed by atoms with Crippen LogP contribution in [-0.2, 0) is 14.3 Å². The second-order valence-corrected chi connectivity index (χ2v) is 5.91. The predicted octanol–water partition coefficient (Wildman–Crippen LogP) is 3.55. The molecule has 0 spiro atoms. The van der Waals surface area contributed by atoms with Crippen LogP contribution in [0.3, 0.4) is 0 Å². The summed E-state index contributed by atoms with van der Waals surface area (Å²) in [5.74, 6) is -0.717. The molecule has 0 heterocycles. The number of nitriles is 1. The SMILES string of the molecule is C[C@H](OC(=O)[C@@H](C)Oc1ccc(C#N)cc1)C(=O)Nc1ccc(Cl)cc1. The monoisotopic (exact) mass is 372 g/mol. The number of anilines is 1. The van der Waals surface area contributed by atoms with Gasteiger partial charge in [0.1, 0.15) is 5.75 Å². The Morgan fingerprint density at radius 1 is 1.04 bits per heavy atom. The Morgan fingerprint density at radius 2 is 1.65 bits per heavy atom. The molecule has 0 aliphatic heterocycles. The van der Waals surface area contributed by atoms with E-state index in [1.807, 2.05) is 6.07 Å². The summed E-state index contributed by atoms with van der Waals surface area (Å²) in [5.41, 5.74) is 1.03. The summed E-state index contributed by atoms with van der Waals surface area (Å²) in [6.45, 7) is 2.99. The molecule has 0 fully saturated rings. The third-order valence-electron chi connectivity index (χ3n) is 3.40. The number of hydrogen-bond donors (Lipinski definition) is 1. The third-order valence-corrected chi connectivity index (χ3v) is 3.65. The van der Waals surface area contributed by atoms with Crippen molar-refractivity contribution in [2.75, 3.05) is 5.32 Å². The predicted molar refractivity (Wildman–Crippen MR) is 96.9 cm³/mol. The van der Waals surface area contributed by atoms with Crippen molar-refractivity contribution in [3.63, 3.8) is 0 Å². The summed E-state index contributed by atoms with van der Waals surface area (Å²) in [7, 11) is 0. The van der Waals surface area contributed by atoms with Crippen molar-refractivity contribution in [1.29, 1.82) is 5.26 Å². The van der Waals surface area contributed by atoms with Gasteiger partial charge in [0.25, 0.3) is 5.91 Å². The van der Waals surface area contributed by atoms with Gasteiger partial charge in [0, 0.05) is 10.7 Å². The summed E-state index contributed by atoms with van der Waals surface area (Å²) >= 11 is 5.79. The average Bonchev–Trinajstić information content (AvgIpc) is 2.64. The van der Waals surface area contributed by atoms with Crippen molar-refractivity contribution in [2.45, 2.75) is 26.1 Å². The molecule has 0 bridgehead atoms. The van der Waals surface area contributed by atoms with Gasteiger partial charge in [-0.2, -0.15) is 5.26 Å². The first kappa shape index (κ1) is 19.3. The molecule has 2 rings (SSSR count). The van der Waals surface area contributed by atoms with Gasteiger partial charge in [0.15, 0.2) is 12.2 Å². The van der Waals surface area contributed by atoms with E-state index in [0.717, 1.165) is 0 Å². The molecule has 134 valence electrons. The average molecular weight is 373 g/mol. The van der Waals surface area contributed by atoms with Crippen LogP contribution in [0.2, 0.25) is 5.02 Å². The van der Waals surface area contributed by atoms with Gasteiger partial charge >= 0.3 is 5.97 Å². The summed E-state index contributed by atoms with van der Waals surface area (Å²) in [4.78, 5) is 24.2. The molecule has 0 unspecified atom stereocenters. The molecule has 0 aliphatic rings. The van der Waals surface area contributed by atoms with Crippen LogP contribution in [-0.4, -0.2) is 24.1 Å². The Morgan fingerprint density at radius 3 is 2.23 bits per heavy atom. The Balaban J connectivity index is 1.87. The number of halogens is 1. The summed E-state index contributed by atoms with van der Waals surface area (Å²) in [6, 6.07) is 14.9. The molecule has 0 aliphatic carbocycles. The number of benzene rings is 2. The normalized spacial score (nSPS) is 12.4. The smallest absolute Gasteiger partial charge is 0.347 e. The molecule has 6 nitrogen and oxygen atoms in total. The van der Waals surface area contributed by atoms with Gasteiger partial charge < -0.3 is 14.8 Å². The first-order valence-corrected chi connectivity index (χ1v) is 8.20. The molecule has 7 heteroatoms. The Kier molecular flexibility index (Phi) is 6.59. The van der Waals surface area contributed by atoms with Crippen molar-refractivity contribution in [2.24, 2.45) is 0 Å². The fraction of sp³-hybridized carbons (Fsp3) is 0.211. The molecule has 1 amide bonds. The van der Waals surface area contributed by atoms with Crippen LogP contribution < -0.4 is 10.1 Å². The number of nitrogens with zero attached hydrogens (tertiary/aromatic N) is 1. The molecule has 0 saturated heterocycles.